The van der Waals surface area contributed by atoms with Crippen LogP contribution >= 0.6 is 0 Å². The van der Waals surface area contributed by atoms with E-state index in [0.29, 0.717) is 86.8 Å². The SMILES string of the molecule is CC(C)(O)C(=O)c1ccc(OCCOCCOCCOC(OCCOCCOCCOc2ccc(C(=O)C(C)(C)O)cc2)(c2ccc(OCCOCCOCCO)cc2)C(C)(C)O)cc1. The average molecular weight is 919 g/mol. The summed E-state index contributed by atoms with van der Waals surface area (Å²) in [6.07, 6.45) is 0. The van der Waals surface area contributed by atoms with E-state index in [1.807, 2.05) is 0 Å². The highest BCUT2D eigenvalue weighted by molar-refractivity contribution is 6.02. The molecule has 0 unspecified atom stereocenters. The molecule has 0 bridgehead atoms. The summed E-state index contributed by atoms with van der Waals surface area (Å²) in [7, 11) is 0. The monoisotopic (exact) mass is 918 g/mol. The molecule has 17 heteroatoms. The highest BCUT2D eigenvalue weighted by Crippen LogP contribution is 2.39. The number of ether oxygens (including phenoxy) is 11. The van der Waals surface area contributed by atoms with Crippen molar-refractivity contribution >= 4 is 11.6 Å². The Labute approximate surface area is 382 Å². The van der Waals surface area contributed by atoms with Gasteiger partial charge in [-0.3, -0.25) is 9.59 Å². The first kappa shape index (κ1) is 55.2. The minimum atomic E-state index is -1.63. The summed E-state index contributed by atoms with van der Waals surface area (Å²) in [5.41, 5.74) is -3.12. The lowest BCUT2D eigenvalue weighted by atomic mass is 9.89. The third-order valence-electron chi connectivity index (χ3n) is 9.29. The Morgan fingerprint density at radius 1 is 0.400 bits per heavy atom. The van der Waals surface area contributed by atoms with Gasteiger partial charge >= 0.3 is 0 Å². The molecule has 0 atom stereocenters. The highest BCUT2D eigenvalue weighted by atomic mass is 16.7. The summed E-state index contributed by atoms with van der Waals surface area (Å²) >= 11 is 0. The molecule has 0 aliphatic rings. The minimum Gasteiger partial charge on any atom is -0.491 e. The standard InChI is InChI=1S/C48H70O17/c1-45(2,52)43(50)37-7-13-40(14-8-37)61-32-27-57-23-25-59-30-35-64-48(47(5,6)54,39-11-17-42(18-12-39)63-34-29-56-22-21-55-20-19-49)65-36-31-60-26-24-58-28-33-62-41-15-9-38(10-16-41)44(51)46(3,4)53/h7-18,49,52-54H,19-36H2,1-6H3. The number of hydrogen-bond acceptors (Lipinski definition) is 17. The minimum absolute atomic E-state index is 0.0407. The molecule has 0 fully saturated rings. The summed E-state index contributed by atoms with van der Waals surface area (Å²) in [6.45, 7) is 13.4. The molecule has 0 saturated heterocycles. The zero-order chi connectivity index (χ0) is 47.6. The van der Waals surface area contributed by atoms with Crippen LogP contribution in [0.15, 0.2) is 72.8 Å². The van der Waals surface area contributed by atoms with Crippen LogP contribution in [-0.4, -0.2) is 168 Å². The highest BCUT2D eigenvalue weighted by Gasteiger charge is 2.48. The van der Waals surface area contributed by atoms with Gasteiger partial charge in [-0.25, -0.2) is 0 Å². The van der Waals surface area contributed by atoms with Crippen LogP contribution in [0, 0.1) is 0 Å². The molecule has 3 aromatic rings. The Bertz CT molecular complexity index is 1660. The van der Waals surface area contributed by atoms with E-state index in [1.54, 1.807) is 86.6 Å². The van der Waals surface area contributed by atoms with Crippen LogP contribution in [0.1, 0.15) is 67.8 Å². The van der Waals surface area contributed by atoms with Gasteiger partial charge < -0.3 is 72.5 Å². The Kier molecular flexibility index (Phi) is 24.5. The molecule has 364 valence electrons. The van der Waals surface area contributed by atoms with Crippen LogP contribution < -0.4 is 14.2 Å². The number of hydrogen-bond donors (Lipinski definition) is 4. The van der Waals surface area contributed by atoms with Crippen LogP contribution in [0.5, 0.6) is 17.2 Å². The maximum atomic E-state index is 12.2. The zero-order valence-electron chi connectivity index (χ0n) is 38.8. The number of benzene rings is 3. The van der Waals surface area contributed by atoms with Crippen molar-refractivity contribution in [2.75, 3.05) is 119 Å². The molecule has 0 amide bonds. The molecule has 0 aromatic heterocycles. The topological polar surface area (TPSA) is 217 Å². The van der Waals surface area contributed by atoms with Gasteiger partial charge in [0.25, 0.3) is 0 Å². The van der Waals surface area contributed by atoms with E-state index in [2.05, 4.69) is 0 Å². The lowest BCUT2D eigenvalue weighted by molar-refractivity contribution is -0.327. The summed E-state index contributed by atoms with van der Waals surface area (Å²) in [5, 5.41) is 40.2. The van der Waals surface area contributed by atoms with Gasteiger partial charge in [-0.05, 0) is 114 Å². The Morgan fingerprint density at radius 2 is 0.677 bits per heavy atom. The smallest absolute Gasteiger partial charge is 0.224 e. The van der Waals surface area contributed by atoms with Crippen molar-refractivity contribution in [1.29, 1.82) is 0 Å². The van der Waals surface area contributed by atoms with E-state index in [9.17, 15) is 24.9 Å². The fraction of sp³-hybridized carbons (Fsp3) is 0.583. The van der Waals surface area contributed by atoms with E-state index in [-0.39, 0.29) is 77.6 Å². The summed E-state index contributed by atoms with van der Waals surface area (Å²) in [5.74, 6) is -0.656. The third kappa shape index (κ3) is 20.5. The fourth-order valence-corrected chi connectivity index (χ4v) is 5.97. The van der Waals surface area contributed by atoms with Gasteiger partial charge in [-0.2, -0.15) is 0 Å². The van der Waals surface area contributed by atoms with E-state index in [1.165, 1.54) is 27.7 Å². The lowest BCUT2D eigenvalue weighted by Gasteiger charge is -2.43. The molecule has 3 rings (SSSR count). The molecule has 17 nitrogen and oxygen atoms in total. The van der Waals surface area contributed by atoms with Gasteiger partial charge in [0.2, 0.25) is 5.79 Å². The van der Waals surface area contributed by atoms with Crippen LogP contribution in [0.4, 0.5) is 0 Å². The molecule has 0 radical (unpaired) electrons. The Hall–Kier alpha value is -4.08. The summed E-state index contributed by atoms with van der Waals surface area (Å²) in [6, 6.07) is 20.1. The van der Waals surface area contributed by atoms with Gasteiger partial charge in [-0.1, -0.05) is 0 Å². The Morgan fingerprint density at radius 3 is 0.969 bits per heavy atom. The molecule has 4 N–H and O–H groups in total. The van der Waals surface area contributed by atoms with E-state index in [0.717, 1.165) is 0 Å². The summed E-state index contributed by atoms with van der Waals surface area (Å²) in [4.78, 5) is 24.4. The first-order valence-electron chi connectivity index (χ1n) is 21.8. The molecular weight excluding hydrogens is 849 g/mol. The number of aliphatic hydroxyl groups is 4. The molecule has 0 aliphatic carbocycles. The maximum absolute atomic E-state index is 12.2. The second kappa shape index (κ2) is 28.8. The van der Waals surface area contributed by atoms with Crippen molar-refractivity contribution < 1.29 is 82.1 Å². The predicted molar refractivity (Wildman–Crippen MR) is 239 cm³/mol. The van der Waals surface area contributed by atoms with Gasteiger partial charge in [0.1, 0.15) is 53.9 Å². The average Bonchev–Trinajstić information content (AvgIpc) is 3.27. The van der Waals surface area contributed by atoms with E-state index >= 15 is 0 Å². The molecule has 0 spiro atoms. The molecule has 0 aliphatic heterocycles. The zero-order valence-corrected chi connectivity index (χ0v) is 38.8. The molecular formula is C48H70O17. The van der Waals surface area contributed by atoms with E-state index < -0.39 is 22.6 Å². The normalized spacial score (nSPS) is 12.3. The largest absolute Gasteiger partial charge is 0.491 e. The molecule has 0 saturated carbocycles. The van der Waals surface area contributed by atoms with Crippen LogP contribution in [0.25, 0.3) is 0 Å². The number of carbonyl (C=O) groups is 2. The van der Waals surface area contributed by atoms with Crippen molar-refractivity contribution in [3.63, 3.8) is 0 Å². The first-order valence-corrected chi connectivity index (χ1v) is 21.8. The second-order valence-corrected chi connectivity index (χ2v) is 16.2. The second-order valence-electron chi connectivity index (χ2n) is 16.2. The number of rotatable bonds is 37. The first-order chi connectivity index (χ1) is 31.0. The van der Waals surface area contributed by atoms with Crippen LogP contribution in [0.2, 0.25) is 0 Å². The fourth-order valence-electron chi connectivity index (χ4n) is 5.97. The Balaban J connectivity index is 1.44. The van der Waals surface area contributed by atoms with Crippen LogP contribution in [0.3, 0.4) is 0 Å². The predicted octanol–water partition coefficient (Wildman–Crippen LogP) is 4.18. The summed E-state index contributed by atoms with van der Waals surface area (Å²) < 4.78 is 63.4. The lowest BCUT2D eigenvalue weighted by Crippen LogP contribution is -2.52. The van der Waals surface area contributed by atoms with Crippen molar-refractivity contribution in [3.05, 3.63) is 89.5 Å². The van der Waals surface area contributed by atoms with Crippen molar-refractivity contribution in [3.8, 4) is 17.2 Å². The quantitative estimate of drug-likeness (QED) is 0.0363. The molecule has 0 heterocycles. The van der Waals surface area contributed by atoms with Crippen LogP contribution in [-0.2, 0) is 43.7 Å². The van der Waals surface area contributed by atoms with Gasteiger partial charge in [-0.15, -0.1) is 0 Å². The number of ketones is 2. The van der Waals surface area contributed by atoms with E-state index in [4.69, 9.17) is 57.2 Å². The number of carbonyl (C=O) groups excluding carboxylic acids is 2. The van der Waals surface area contributed by atoms with Gasteiger partial charge in [0, 0.05) is 16.7 Å². The third-order valence-corrected chi connectivity index (χ3v) is 9.29. The van der Waals surface area contributed by atoms with Gasteiger partial charge in [0.05, 0.1) is 99.1 Å². The maximum Gasteiger partial charge on any atom is 0.224 e. The van der Waals surface area contributed by atoms with Crippen molar-refractivity contribution in [2.24, 2.45) is 0 Å². The van der Waals surface area contributed by atoms with Crippen molar-refractivity contribution in [2.45, 2.75) is 64.1 Å². The number of aliphatic hydroxyl groups excluding tert-OH is 1. The number of Topliss-reactive ketones (excluding diaryl/α,β-unsaturated/α-hetero) is 2. The van der Waals surface area contributed by atoms with Gasteiger partial charge in [0.15, 0.2) is 11.6 Å². The molecule has 65 heavy (non-hydrogen) atoms. The molecule has 3 aromatic carbocycles. The van der Waals surface area contributed by atoms with Crippen molar-refractivity contribution in [1.82, 2.24) is 0 Å².